The van der Waals surface area contributed by atoms with Crippen molar-refractivity contribution in [3.05, 3.63) is 29.6 Å². The Labute approximate surface area is 83.0 Å². The third-order valence-corrected chi connectivity index (χ3v) is 2.19. The quantitative estimate of drug-likeness (QED) is 0.588. The smallest absolute Gasteiger partial charge is 0.264 e. The van der Waals surface area contributed by atoms with Crippen LogP contribution in [0.15, 0.2) is 18.5 Å². The molecule has 0 fully saturated rings. The van der Waals surface area contributed by atoms with Gasteiger partial charge in [-0.1, -0.05) is 0 Å². The second-order valence-corrected chi connectivity index (χ2v) is 4.08. The van der Waals surface area contributed by atoms with E-state index in [1.807, 2.05) is 0 Å². The van der Waals surface area contributed by atoms with Crippen LogP contribution in [0.5, 0.6) is 0 Å². The number of pyridine rings is 1. The fraction of sp³-hybridized carbons (Fsp3) is 0.286. The van der Waals surface area contributed by atoms with Crippen LogP contribution in [0.3, 0.4) is 0 Å². The van der Waals surface area contributed by atoms with E-state index >= 15 is 0 Å². The van der Waals surface area contributed by atoms with Crippen molar-refractivity contribution in [2.45, 2.75) is 11.9 Å². The van der Waals surface area contributed by atoms with E-state index in [-0.39, 0.29) is 0 Å². The van der Waals surface area contributed by atoms with Crippen LogP contribution in [0.25, 0.3) is 0 Å². The molecule has 0 saturated heterocycles. The summed E-state index contributed by atoms with van der Waals surface area (Å²) in [5.41, 5.74) is -1.90. The molecule has 1 aromatic heterocycles. The second-order valence-electron chi connectivity index (χ2n) is 2.71. The minimum atomic E-state index is -5.00. The van der Waals surface area contributed by atoms with Crippen LogP contribution >= 0.6 is 0 Å². The van der Waals surface area contributed by atoms with Gasteiger partial charge in [0, 0.05) is 18.0 Å². The normalized spacial score (nSPS) is 12.8. The van der Waals surface area contributed by atoms with Gasteiger partial charge in [0.1, 0.15) is 5.75 Å². The number of hydrogen-bond donors (Lipinski definition) is 0. The fourth-order valence-electron chi connectivity index (χ4n) is 1.00. The number of alkyl halides is 3. The third-order valence-electron chi connectivity index (χ3n) is 1.54. The zero-order valence-corrected chi connectivity index (χ0v) is 7.94. The van der Waals surface area contributed by atoms with Gasteiger partial charge in [0.25, 0.3) is 0 Å². The summed E-state index contributed by atoms with van der Waals surface area (Å²) in [5.74, 6) is -1.32. The van der Waals surface area contributed by atoms with Crippen LogP contribution in [0, 0.1) is 0 Å². The van der Waals surface area contributed by atoms with Crippen molar-refractivity contribution in [1.82, 2.24) is 4.98 Å². The SMILES string of the molecule is O=S(=O)(F)Cc1cnccc1C(F)(F)F. The Bertz CT molecular complexity index is 454. The van der Waals surface area contributed by atoms with E-state index in [2.05, 4.69) is 4.98 Å². The molecule has 0 amide bonds. The minimum Gasteiger partial charge on any atom is -0.264 e. The first-order valence-corrected chi connectivity index (χ1v) is 5.18. The van der Waals surface area contributed by atoms with E-state index in [0.717, 1.165) is 6.20 Å². The third kappa shape index (κ3) is 3.46. The molecule has 0 aromatic carbocycles. The first kappa shape index (κ1) is 11.9. The average molecular weight is 243 g/mol. The molecule has 0 unspecified atom stereocenters. The van der Waals surface area contributed by atoms with Gasteiger partial charge >= 0.3 is 16.4 Å². The van der Waals surface area contributed by atoms with Crippen molar-refractivity contribution in [3.8, 4) is 0 Å². The molecule has 0 saturated carbocycles. The van der Waals surface area contributed by atoms with Gasteiger partial charge in [0.15, 0.2) is 0 Å². The highest BCUT2D eigenvalue weighted by Gasteiger charge is 2.34. The highest BCUT2D eigenvalue weighted by atomic mass is 32.3. The maximum atomic E-state index is 12.3. The number of aromatic nitrogens is 1. The van der Waals surface area contributed by atoms with Gasteiger partial charge in [0.2, 0.25) is 0 Å². The molecule has 15 heavy (non-hydrogen) atoms. The predicted octanol–water partition coefficient (Wildman–Crippen LogP) is 1.90. The van der Waals surface area contributed by atoms with Crippen molar-refractivity contribution >= 4 is 10.2 Å². The van der Waals surface area contributed by atoms with E-state index < -0.39 is 33.3 Å². The minimum absolute atomic E-state index is 0.598. The summed E-state index contributed by atoms with van der Waals surface area (Å²) < 4.78 is 69.5. The molecule has 8 heteroatoms. The average Bonchev–Trinajstić information content (AvgIpc) is 1.99. The Morgan fingerprint density at radius 3 is 2.40 bits per heavy atom. The molecular formula is C7H5F4NO2S. The van der Waals surface area contributed by atoms with Crippen molar-refractivity contribution in [3.63, 3.8) is 0 Å². The summed E-state index contributed by atoms with van der Waals surface area (Å²) >= 11 is 0. The summed E-state index contributed by atoms with van der Waals surface area (Å²) in [6.45, 7) is 0. The molecule has 0 aliphatic heterocycles. The molecule has 0 radical (unpaired) electrons. The topological polar surface area (TPSA) is 47.0 Å². The van der Waals surface area contributed by atoms with E-state index in [4.69, 9.17) is 0 Å². The van der Waals surface area contributed by atoms with Crippen LogP contribution in [0.1, 0.15) is 11.1 Å². The predicted molar refractivity (Wildman–Crippen MR) is 43.0 cm³/mol. The Morgan fingerprint density at radius 2 is 1.93 bits per heavy atom. The van der Waals surface area contributed by atoms with Gasteiger partial charge in [-0.15, -0.1) is 3.89 Å². The number of halogens is 4. The van der Waals surface area contributed by atoms with E-state index in [9.17, 15) is 25.5 Å². The molecular weight excluding hydrogens is 238 g/mol. The Kier molecular flexibility index (Phi) is 2.98. The standard InChI is InChI=1S/C7H5F4NO2S/c8-7(9,10)6-1-2-12-3-5(6)4-15(11,13)14/h1-3H,4H2. The van der Waals surface area contributed by atoms with Crippen LogP contribution in [-0.2, 0) is 22.2 Å². The maximum absolute atomic E-state index is 12.3. The molecule has 0 atom stereocenters. The molecule has 1 heterocycles. The van der Waals surface area contributed by atoms with Crippen LogP contribution in [0.4, 0.5) is 17.1 Å². The summed E-state index contributed by atoms with van der Waals surface area (Å²) in [6, 6.07) is 0.598. The largest absolute Gasteiger partial charge is 0.416 e. The molecule has 84 valence electrons. The Morgan fingerprint density at radius 1 is 1.33 bits per heavy atom. The highest BCUT2D eigenvalue weighted by molar-refractivity contribution is 7.85. The first-order chi connectivity index (χ1) is 6.70. The van der Waals surface area contributed by atoms with Crippen LogP contribution < -0.4 is 0 Å². The lowest BCUT2D eigenvalue weighted by atomic mass is 10.1. The molecule has 0 aliphatic rings. The summed E-state index contributed by atoms with van der Waals surface area (Å²) in [7, 11) is -5.00. The lowest BCUT2D eigenvalue weighted by Gasteiger charge is -2.10. The van der Waals surface area contributed by atoms with Gasteiger partial charge in [-0.05, 0) is 6.07 Å². The Balaban J connectivity index is 3.19. The lowest BCUT2D eigenvalue weighted by molar-refractivity contribution is -0.138. The molecule has 1 rings (SSSR count). The molecule has 0 spiro atoms. The van der Waals surface area contributed by atoms with Gasteiger partial charge in [-0.3, -0.25) is 4.98 Å². The molecule has 0 bridgehead atoms. The van der Waals surface area contributed by atoms with E-state index in [1.54, 1.807) is 0 Å². The fourth-order valence-corrected chi connectivity index (χ4v) is 1.61. The van der Waals surface area contributed by atoms with Gasteiger partial charge in [0.05, 0.1) is 5.56 Å². The number of rotatable bonds is 2. The summed E-state index contributed by atoms with van der Waals surface area (Å²) in [5, 5.41) is 0. The van der Waals surface area contributed by atoms with Gasteiger partial charge in [-0.2, -0.15) is 21.6 Å². The van der Waals surface area contributed by atoms with Crippen LogP contribution in [-0.4, -0.2) is 13.4 Å². The molecule has 0 N–H and O–H groups in total. The highest BCUT2D eigenvalue weighted by Crippen LogP contribution is 2.32. The lowest BCUT2D eigenvalue weighted by Crippen LogP contribution is -2.11. The number of hydrogen-bond acceptors (Lipinski definition) is 3. The van der Waals surface area contributed by atoms with Crippen molar-refractivity contribution in [1.29, 1.82) is 0 Å². The van der Waals surface area contributed by atoms with Crippen molar-refractivity contribution in [2.75, 3.05) is 0 Å². The zero-order valence-electron chi connectivity index (χ0n) is 7.12. The summed E-state index contributed by atoms with van der Waals surface area (Å²) in [6.07, 6.45) is -3.18. The van der Waals surface area contributed by atoms with Crippen molar-refractivity contribution < 1.29 is 25.5 Å². The first-order valence-electron chi connectivity index (χ1n) is 3.62. The van der Waals surface area contributed by atoms with E-state index in [0.29, 0.717) is 12.3 Å². The summed E-state index contributed by atoms with van der Waals surface area (Å²) in [4.78, 5) is 3.31. The molecule has 3 nitrogen and oxygen atoms in total. The monoisotopic (exact) mass is 243 g/mol. The van der Waals surface area contributed by atoms with Gasteiger partial charge < -0.3 is 0 Å². The van der Waals surface area contributed by atoms with E-state index in [1.165, 1.54) is 0 Å². The molecule has 0 aliphatic carbocycles. The second kappa shape index (κ2) is 3.76. The Hall–Kier alpha value is -1.18. The zero-order chi connectivity index (χ0) is 11.7. The van der Waals surface area contributed by atoms with Gasteiger partial charge in [-0.25, -0.2) is 0 Å². The van der Waals surface area contributed by atoms with Crippen molar-refractivity contribution in [2.24, 2.45) is 0 Å². The number of nitrogens with zero attached hydrogens (tertiary/aromatic N) is 1. The maximum Gasteiger partial charge on any atom is 0.416 e. The van der Waals surface area contributed by atoms with Crippen LogP contribution in [0.2, 0.25) is 0 Å². The molecule has 1 aromatic rings.